The van der Waals surface area contributed by atoms with E-state index < -0.39 is 71.2 Å². The molecule has 2 fully saturated rings. The van der Waals surface area contributed by atoms with Gasteiger partial charge in [0.1, 0.15) is 29.9 Å². The first-order valence-corrected chi connectivity index (χ1v) is 23.2. The van der Waals surface area contributed by atoms with Crippen LogP contribution in [0.15, 0.2) is 54.9 Å². The van der Waals surface area contributed by atoms with E-state index in [2.05, 4.69) is 66.2 Å². The van der Waals surface area contributed by atoms with Gasteiger partial charge in [-0.05, 0) is 96.7 Å². The van der Waals surface area contributed by atoms with Crippen LogP contribution in [-0.2, 0) is 59.3 Å². The van der Waals surface area contributed by atoms with E-state index in [1.807, 2.05) is 24.5 Å². The molecule has 6 bridgehead atoms. The van der Waals surface area contributed by atoms with Crippen LogP contribution in [0.3, 0.4) is 0 Å². The number of hydrazine groups is 1. The number of aromatic nitrogens is 2. The minimum atomic E-state index is -1.21. The number of phenolic OH excluding ortho intramolecular Hbond substituents is 1. The van der Waals surface area contributed by atoms with E-state index in [0.29, 0.717) is 36.9 Å². The number of fused-ring (bicyclic) bond motifs is 6. The number of esters is 1. The molecule has 4 atom stereocenters. The molecule has 2 saturated heterocycles. The lowest BCUT2D eigenvalue weighted by molar-refractivity contribution is -0.155. The number of carbonyl (C=O) groups excluding carboxylic acids is 6. The molecule has 0 unspecified atom stereocenters. The van der Waals surface area contributed by atoms with Crippen molar-refractivity contribution < 1.29 is 43.3 Å². The number of amides is 5. The molecule has 7 rings (SSSR count). The van der Waals surface area contributed by atoms with Gasteiger partial charge < -0.3 is 34.3 Å². The Kier molecular flexibility index (Phi) is 14.3. The highest BCUT2D eigenvalue weighted by Gasteiger charge is 2.47. The Labute approximate surface area is 391 Å². The lowest BCUT2D eigenvalue weighted by atomic mass is 9.84. The maximum Gasteiger partial charge on any atom is 0.410 e. The molecule has 17 nitrogen and oxygen atoms in total. The minimum Gasteiger partial charge on any atom is -0.508 e. The molecule has 0 spiro atoms. The molecule has 2 aromatic heterocycles. The lowest BCUT2D eigenvalue weighted by Crippen LogP contribution is -2.62. The van der Waals surface area contributed by atoms with E-state index in [0.717, 1.165) is 45.3 Å². The van der Waals surface area contributed by atoms with Gasteiger partial charge in [-0.25, -0.2) is 10.2 Å². The molecule has 17 heteroatoms. The van der Waals surface area contributed by atoms with Gasteiger partial charge in [0.05, 0.1) is 32.5 Å². The summed E-state index contributed by atoms with van der Waals surface area (Å²) in [6.07, 6.45) is 5.34. The number of hydrogen-bond acceptors (Lipinski definition) is 11. The SMILES string of the molecule is CCc1ccncc1-c1c2c3cc(ccc3n1CC)-c1cc(O)cc(c1)C[C@H](NC(=O)[C@H](C(C)C)N(C)C(=O)CN(C)C(=O)[C@H]1CN1C(=O)OC)C(=O)N1CCC[C@H](N1)C(=O)OCC(C)(C)C2. The number of phenols is 1. The summed E-state index contributed by atoms with van der Waals surface area (Å²) < 4.78 is 13.1. The maximum absolute atomic E-state index is 14.7. The van der Waals surface area contributed by atoms with Gasteiger partial charge in [-0.3, -0.25) is 38.9 Å². The van der Waals surface area contributed by atoms with Crippen LogP contribution >= 0.6 is 0 Å². The van der Waals surface area contributed by atoms with Crippen molar-refractivity contribution in [1.29, 1.82) is 0 Å². The Balaban J connectivity index is 1.25. The average Bonchev–Trinajstić information content (AvgIpc) is 4.05. The molecule has 3 aliphatic rings. The van der Waals surface area contributed by atoms with Crippen LogP contribution in [0, 0.1) is 11.3 Å². The van der Waals surface area contributed by atoms with E-state index in [1.165, 1.54) is 40.9 Å². The minimum absolute atomic E-state index is 0.0282. The molecule has 0 saturated carbocycles. The first-order valence-electron chi connectivity index (χ1n) is 23.2. The second kappa shape index (κ2) is 19.8. The molecule has 0 radical (unpaired) electrons. The monoisotopic (exact) mass is 920 g/mol. The topological polar surface area (TPSA) is 196 Å². The zero-order valence-electron chi connectivity index (χ0n) is 40.1. The molecular formula is C50H64N8O9. The first-order chi connectivity index (χ1) is 31.9. The number of aryl methyl sites for hydroxylation is 2. The van der Waals surface area contributed by atoms with Crippen molar-refractivity contribution in [2.75, 3.05) is 47.4 Å². The van der Waals surface area contributed by atoms with Gasteiger partial charge in [0.2, 0.25) is 17.7 Å². The predicted octanol–water partition coefficient (Wildman–Crippen LogP) is 4.70. The fourth-order valence-electron chi connectivity index (χ4n) is 9.61. The number of ether oxygens (including phenoxy) is 2. The molecule has 5 heterocycles. The molecule has 4 aromatic rings. The largest absolute Gasteiger partial charge is 0.508 e. The van der Waals surface area contributed by atoms with Crippen LogP contribution in [0.4, 0.5) is 4.79 Å². The number of methoxy groups -OCH3 is 1. The Bertz CT molecular complexity index is 2570. The Morgan fingerprint density at radius 2 is 1.82 bits per heavy atom. The van der Waals surface area contributed by atoms with Crippen molar-refractivity contribution in [2.45, 2.75) is 104 Å². The number of nitrogens with one attached hydrogen (secondary N) is 2. The van der Waals surface area contributed by atoms with Crippen molar-refractivity contribution in [1.82, 2.24) is 40.0 Å². The summed E-state index contributed by atoms with van der Waals surface area (Å²) in [6.45, 7) is 12.8. The van der Waals surface area contributed by atoms with Crippen molar-refractivity contribution in [2.24, 2.45) is 11.3 Å². The molecule has 0 aliphatic carbocycles. The average molecular weight is 921 g/mol. The van der Waals surface area contributed by atoms with Crippen LogP contribution in [-0.4, -0.2) is 142 Å². The third-order valence-electron chi connectivity index (χ3n) is 13.2. The fourth-order valence-corrected chi connectivity index (χ4v) is 9.61. The first kappa shape index (κ1) is 48.4. The second-order valence-corrected chi connectivity index (χ2v) is 19.1. The molecule has 358 valence electrons. The summed E-state index contributed by atoms with van der Waals surface area (Å²) in [6, 6.07) is 9.59. The Morgan fingerprint density at radius 1 is 1.06 bits per heavy atom. The summed E-state index contributed by atoms with van der Waals surface area (Å²) in [5, 5.41) is 16.6. The molecule has 67 heavy (non-hydrogen) atoms. The number of benzene rings is 2. The highest BCUT2D eigenvalue weighted by molar-refractivity contribution is 5.97. The number of carbonyl (C=O) groups is 6. The van der Waals surface area contributed by atoms with Gasteiger partial charge in [-0.2, -0.15) is 0 Å². The van der Waals surface area contributed by atoms with Crippen LogP contribution in [0.5, 0.6) is 5.75 Å². The lowest BCUT2D eigenvalue weighted by Gasteiger charge is -2.37. The Morgan fingerprint density at radius 3 is 2.52 bits per heavy atom. The second-order valence-electron chi connectivity index (χ2n) is 19.1. The van der Waals surface area contributed by atoms with Gasteiger partial charge in [0.25, 0.3) is 5.91 Å². The van der Waals surface area contributed by atoms with Crippen molar-refractivity contribution in [3.63, 3.8) is 0 Å². The van der Waals surface area contributed by atoms with E-state index in [1.54, 1.807) is 26.0 Å². The molecule has 5 amide bonds. The van der Waals surface area contributed by atoms with Gasteiger partial charge in [-0.1, -0.05) is 46.8 Å². The molecule has 3 aliphatic heterocycles. The maximum atomic E-state index is 14.7. The van der Waals surface area contributed by atoms with Crippen LogP contribution in [0.1, 0.15) is 71.1 Å². The third kappa shape index (κ3) is 10.3. The quantitative estimate of drug-likeness (QED) is 0.147. The summed E-state index contributed by atoms with van der Waals surface area (Å²) in [5.74, 6) is -3.04. The van der Waals surface area contributed by atoms with Gasteiger partial charge in [0.15, 0.2) is 0 Å². The van der Waals surface area contributed by atoms with E-state index >= 15 is 0 Å². The highest BCUT2D eigenvalue weighted by atomic mass is 16.5. The van der Waals surface area contributed by atoms with E-state index in [-0.39, 0.29) is 38.4 Å². The van der Waals surface area contributed by atoms with Gasteiger partial charge in [-0.15, -0.1) is 0 Å². The zero-order chi connectivity index (χ0) is 48.5. The van der Waals surface area contributed by atoms with Crippen molar-refractivity contribution >= 4 is 46.6 Å². The number of nitrogens with zero attached hydrogens (tertiary/aromatic N) is 6. The molecular weight excluding hydrogens is 857 g/mol. The normalized spacial score (nSPS) is 19.9. The third-order valence-corrected chi connectivity index (χ3v) is 13.2. The number of cyclic esters (lactones) is 1. The smallest absolute Gasteiger partial charge is 0.410 e. The number of pyridine rings is 1. The van der Waals surface area contributed by atoms with Gasteiger partial charge in [0, 0.05) is 67.9 Å². The van der Waals surface area contributed by atoms with Crippen molar-refractivity contribution in [3.8, 4) is 28.1 Å². The summed E-state index contributed by atoms with van der Waals surface area (Å²) >= 11 is 0. The zero-order valence-corrected chi connectivity index (χ0v) is 40.1. The van der Waals surface area contributed by atoms with Crippen molar-refractivity contribution in [3.05, 3.63) is 71.5 Å². The molecule has 3 N–H and O–H groups in total. The summed E-state index contributed by atoms with van der Waals surface area (Å²) in [7, 11) is 4.14. The van der Waals surface area contributed by atoms with E-state index in [9.17, 15) is 33.9 Å². The predicted molar refractivity (Wildman–Crippen MR) is 251 cm³/mol. The fraction of sp³-hybridized carbons (Fsp3) is 0.500. The highest BCUT2D eigenvalue weighted by Crippen LogP contribution is 2.41. The standard InChI is InChI=1S/C50H64N8O9/c1-10-31-16-17-51-25-37(31)44-36-24-50(5,6)28-67-48(64)38-13-12-18-58(53-38)46(62)39(21-30-19-33(22-34(59)20-30)32-14-15-40(35(36)23-32)56(44)11-2)52-45(61)43(29(3)4)55(8)42(60)27-54(7)47(63)41-26-57(41)49(65)66-9/h14-17,19-20,22-23,25,29,38-39,41,43,53,59H,10-13,18,21,24,26-28H2,1-9H3,(H,52,61)/t38-,39-,41+,43-,57?/m0/s1. The summed E-state index contributed by atoms with van der Waals surface area (Å²) in [4.78, 5) is 90.0. The number of rotatable bonds is 10. The van der Waals surface area contributed by atoms with Gasteiger partial charge >= 0.3 is 12.1 Å². The van der Waals surface area contributed by atoms with Crippen LogP contribution in [0.25, 0.3) is 33.3 Å². The van der Waals surface area contributed by atoms with Crippen LogP contribution < -0.4 is 10.7 Å². The number of hydrogen-bond donors (Lipinski definition) is 3. The molecule has 2 aromatic carbocycles. The summed E-state index contributed by atoms with van der Waals surface area (Å²) in [5.41, 5.74) is 10.0. The van der Waals surface area contributed by atoms with Crippen LogP contribution in [0.2, 0.25) is 0 Å². The number of likely N-dealkylation sites (N-methyl/N-ethyl adjacent to an activating group) is 2. The van der Waals surface area contributed by atoms with E-state index in [4.69, 9.17) is 9.47 Å². The Hall–Kier alpha value is -6.49. The number of aromatic hydroxyl groups is 1.